The average Bonchev–Trinajstić information content (AvgIpc) is 3.88. The second-order valence-corrected chi connectivity index (χ2v) is 16.7. The van der Waals surface area contributed by atoms with E-state index in [-0.39, 0.29) is 5.41 Å². The van der Waals surface area contributed by atoms with Crippen LogP contribution in [0.4, 0.5) is 0 Å². The molecule has 9 aromatic rings. The summed E-state index contributed by atoms with van der Waals surface area (Å²) in [4.78, 5) is 0. The zero-order chi connectivity index (χ0) is 35.1. The molecule has 4 bridgehead atoms. The monoisotopic (exact) mass is 694 g/mol. The number of rotatable bonds is 3. The molecule has 5 aliphatic carbocycles. The normalized spacial score (nSPS) is 23.6. The maximum absolute atomic E-state index is 7.08. The molecule has 0 amide bonds. The summed E-state index contributed by atoms with van der Waals surface area (Å²) >= 11 is 0. The first-order valence-corrected chi connectivity index (χ1v) is 19.9. The van der Waals surface area contributed by atoms with Crippen LogP contribution in [0.1, 0.15) is 43.2 Å². The third kappa shape index (κ3) is 3.71. The van der Waals surface area contributed by atoms with Gasteiger partial charge in [-0.05, 0) is 113 Å². The van der Waals surface area contributed by atoms with Crippen LogP contribution in [-0.2, 0) is 5.41 Å². The number of benzene rings is 7. The largest absolute Gasteiger partial charge is 0.456 e. The number of fused-ring (bicyclic) bond motifs is 9. The van der Waals surface area contributed by atoms with Crippen LogP contribution in [0.2, 0.25) is 0 Å². The van der Waals surface area contributed by atoms with Crippen molar-refractivity contribution in [3.8, 4) is 44.5 Å². The molecule has 5 aliphatic rings. The van der Waals surface area contributed by atoms with Crippen LogP contribution >= 0.6 is 0 Å². The Bertz CT molecular complexity index is 2980. The van der Waals surface area contributed by atoms with Crippen molar-refractivity contribution in [3.05, 3.63) is 157 Å². The van der Waals surface area contributed by atoms with E-state index < -0.39 is 0 Å². The molecule has 1 spiro atoms. The van der Waals surface area contributed by atoms with Crippen molar-refractivity contribution < 1.29 is 8.83 Å². The lowest BCUT2D eigenvalue weighted by Crippen LogP contribution is -2.55. The SMILES string of the molecule is c1ccc(-c2cccc3c2oc2c(-c4ccc5oc6ccccc6c5c4-c4cccc5c4-c4ccccc4C54C5CC6CC(C5)CC4C6)cccc23)cc1. The number of furan rings is 2. The van der Waals surface area contributed by atoms with Crippen molar-refractivity contribution in [1.29, 1.82) is 0 Å². The van der Waals surface area contributed by atoms with Crippen molar-refractivity contribution in [3.63, 3.8) is 0 Å². The molecule has 4 fully saturated rings. The molecule has 2 heterocycles. The molecule has 258 valence electrons. The van der Waals surface area contributed by atoms with Gasteiger partial charge < -0.3 is 8.83 Å². The van der Waals surface area contributed by atoms with Gasteiger partial charge in [-0.2, -0.15) is 0 Å². The highest BCUT2D eigenvalue weighted by Crippen LogP contribution is 2.70. The Labute approximate surface area is 314 Å². The van der Waals surface area contributed by atoms with Crippen LogP contribution in [0.5, 0.6) is 0 Å². The lowest BCUT2D eigenvalue weighted by molar-refractivity contribution is -0.0399. The van der Waals surface area contributed by atoms with E-state index in [2.05, 4.69) is 146 Å². The van der Waals surface area contributed by atoms with Gasteiger partial charge in [0.25, 0.3) is 0 Å². The topological polar surface area (TPSA) is 26.3 Å². The summed E-state index contributed by atoms with van der Waals surface area (Å²) in [5.74, 6) is 3.22. The molecule has 7 aromatic carbocycles. The van der Waals surface area contributed by atoms with E-state index in [1.54, 1.807) is 11.1 Å². The maximum Gasteiger partial charge on any atom is 0.143 e. The van der Waals surface area contributed by atoms with Gasteiger partial charge in [0, 0.05) is 43.7 Å². The first kappa shape index (κ1) is 29.6. The van der Waals surface area contributed by atoms with Gasteiger partial charge in [0.1, 0.15) is 22.3 Å². The molecule has 0 radical (unpaired) electrons. The standard InChI is InChI=1S/C52H38O2/c1-2-11-32(12-3-1)35-15-8-17-38-39-18-9-16-37(51(39)54-50(35)38)36-23-24-46-49(41-14-5-7-22-45(41)53-46)48(36)42-19-10-21-44-47(42)40-13-4-6-20-43(40)52(44)33-26-30-25-31(28-33)29-34(52)27-30/h1-24,30-31,33-34H,25-29H2. The van der Waals surface area contributed by atoms with E-state index in [0.717, 1.165) is 67.0 Å². The highest BCUT2D eigenvalue weighted by molar-refractivity contribution is 6.20. The first-order chi connectivity index (χ1) is 26.8. The molecule has 2 nitrogen and oxygen atoms in total. The molecular formula is C52H38O2. The van der Waals surface area contributed by atoms with Crippen molar-refractivity contribution in [2.75, 3.05) is 0 Å². The van der Waals surface area contributed by atoms with Crippen LogP contribution < -0.4 is 0 Å². The van der Waals surface area contributed by atoms with Crippen molar-refractivity contribution in [1.82, 2.24) is 0 Å². The molecule has 0 atom stereocenters. The molecule has 0 N–H and O–H groups in total. The zero-order valence-electron chi connectivity index (χ0n) is 30.0. The minimum absolute atomic E-state index is 0.0917. The van der Waals surface area contributed by atoms with Crippen molar-refractivity contribution in [2.45, 2.75) is 37.5 Å². The van der Waals surface area contributed by atoms with Gasteiger partial charge in [0.2, 0.25) is 0 Å². The summed E-state index contributed by atoms with van der Waals surface area (Å²) in [7, 11) is 0. The maximum atomic E-state index is 7.08. The highest BCUT2D eigenvalue weighted by atomic mass is 16.3. The fraction of sp³-hybridized carbons (Fsp3) is 0.192. The van der Waals surface area contributed by atoms with Crippen LogP contribution in [0, 0.1) is 23.7 Å². The predicted octanol–water partition coefficient (Wildman–Crippen LogP) is 14.2. The van der Waals surface area contributed by atoms with Crippen molar-refractivity contribution in [2.24, 2.45) is 23.7 Å². The Balaban J connectivity index is 1.13. The summed E-state index contributed by atoms with van der Waals surface area (Å²) in [6.45, 7) is 0. The Kier molecular flexibility index (Phi) is 5.83. The second-order valence-electron chi connectivity index (χ2n) is 16.7. The molecule has 0 unspecified atom stereocenters. The fourth-order valence-electron chi connectivity index (χ4n) is 12.6. The highest BCUT2D eigenvalue weighted by Gasteiger charge is 2.61. The third-order valence-electron chi connectivity index (χ3n) is 14.3. The molecule has 54 heavy (non-hydrogen) atoms. The van der Waals surface area contributed by atoms with E-state index in [0.29, 0.717) is 11.8 Å². The second kappa shape index (κ2) is 10.6. The van der Waals surface area contributed by atoms with Crippen LogP contribution in [-0.4, -0.2) is 0 Å². The van der Waals surface area contributed by atoms with Gasteiger partial charge in [0.15, 0.2) is 0 Å². The van der Waals surface area contributed by atoms with Gasteiger partial charge in [-0.15, -0.1) is 0 Å². The molecule has 2 heteroatoms. The lowest BCUT2D eigenvalue weighted by Gasteiger charge is -2.61. The number of hydrogen-bond acceptors (Lipinski definition) is 2. The lowest BCUT2D eigenvalue weighted by atomic mass is 9.43. The van der Waals surface area contributed by atoms with E-state index in [4.69, 9.17) is 8.83 Å². The van der Waals surface area contributed by atoms with E-state index in [1.807, 2.05) is 0 Å². The molecule has 2 aromatic heterocycles. The summed E-state index contributed by atoms with van der Waals surface area (Å²) in [6.07, 6.45) is 6.94. The summed E-state index contributed by atoms with van der Waals surface area (Å²) in [5, 5.41) is 4.61. The Morgan fingerprint density at radius 1 is 0.389 bits per heavy atom. The van der Waals surface area contributed by atoms with Gasteiger partial charge in [-0.25, -0.2) is 0 Å². The minimum Gasteiger partial charge on any atom is -0.456 e. The predicted molar refractivity (Wildman–Crippen MR) is 221 cm³/mol. The Morgan fingerprint density at radius 2 is 1.00 bits per heavy atom. The van der Waals surface area contributed by atoms with Gasteiger partial charge in [-0.1, -0.05) is 127 Å². The smallest absolute Gasteiger partial charge is 0.143 e. The fourth-order valence-corrected chi connectivity index (χ4v) is 12.6. The Morgan fingerprint density at radius 3 is 1.81 bits per heavy atom. The number of para-hydroxylation sites is 3. The zero-order valence-corrected chi connectivity index (χ0v) is 30.0. The van der Waals surface area contributed by atoms with Gasteiger partial charge >= 0.3 is 0 Å². The summed E-state index contributed by atoms with van der Waals surface area (Å²) in [6, 6.07) is 53.7. The molecule has 14 rings (SSSR count). The average molecular weight is 695 g/mol. The number of hydrogen-bond donors (Lipinski definition) is 0. The van der Waals surface area contributed by atoms with Crippen molar-refractivity contribution >= 4 is 43.9 Å². The quantitative estimate of drug-likeness (QED) is 0.184. The van der Waals surface area contributed by atoms with E-state index in [1.165, 1.54) is 65.3 Å². The molecular weight excluding hydrogens is 657 g/mol. The minimum atomic E-state index is 0.0917. The van der Waals surface area contributed by atoms with Crippen LogP contribution in [0.25, 0.3) is 88.4 Å². The van der Waals surface area contributed by atoms with E-state index >= 15 is 0 Å². The molecule has 4 saturated carbocycles. The molecule has 0 aliphatic heterocycles. The Hall–Kier alpha value is -5.86. The summed E-state index contributed by atoms with van der Waals surface area (Å²) in [5.41, 5.74) is 16.9. The van der Waals surface area contributed by atoms with Crippen LogP contribution in [0.15, 0.2) is 154 Å². The molecule has 0 saturated heterocycles. The third-order valence-corrected chi connectivity index (χ3v) is 14.3. The van der Waals surface area contributed by atoms with E-state index in [9.17, 15) is 0 Å². The van der Waals surface area contributed by atoms with Crippen LogP contribution in [0.3, 0.4) is 0 Å². The summed E-state index contributed by atoms with van der Waals surface area (Å²) < 4.78 is 13.7. The van der Waals surface area contributed by atoms with Gasteiger partial charge in [0.05, 0.1) is 0 Å². The first-order valence-electron chi connectivity index (χ1n) is 19.9. The van der Waals surface area contributed by atoms with Gasteiger partial charge in [-0.3, -0.25) is 0 Å².